The molecule has 1 N–H and O–H groups in total. The molecule has 0 radical (unpaired) electrons. The smallest absolute Gasteiger partial charge is 0.810 e. The maximum Gasteiger partial charge on any atom is 1.00 e. The molecule has 0 fully saturated rings. The van der Waals surface area contributed by atoms with Crippen LogP contribution in [0.5, 0.6) is 0 Å². The number of hydrogen-bond acceptors (Lipinski definition) is 3. The standard InChI is InChI=1S/C7H16O3P.Cs/c1-3-7(4-2,5-8)6-10-11-9;/h8,11H,3-6H2,1-2H3;/q-1;+1. The van der Waals surface area contributed by atoms with Gasteiger partial charge in [-0.25, -0.2) is 0 Å². The van der Waals surface area contributed by atoms with Gasteiger partial charge < -0.3 is 14.5 Å². The minimum atomic E-state index is -0.721. The second-order valence-corrected chi connectivity index (χ2v) is 3.19. The maximum atomic E-state index is 10.0. The Balaban J connectivity index is 0. The van der Waals surface area contributed by atoms with Gasteiger partial charge in [0, 0.05) is 5.41 Å². The van der Waals surface area contributed by atoms with Crippen molar-refractivity contribution < 1.29 is 83.4 Å². The molecule has 5 heteroatoms. The van der Waals surface area contributed by atoms with E-state index in [1.807, 2.05) is 13.8 Å². The second-order valence-electron chi connectivity index (χ2n) is 2.74. The van der Waals surface area contributed by atoms with E-state index in [9.17, 15) is 4.89 Å². The van der Waals surface area contributed by atoms with Crippen molar-refractivity contribution in [3.05, 3.63) is 0 Å². The summed E-state index contributed by atoms with van der Waals surface area (Å²) >= 11 is 0. The molecule has 0 spiro atoms. The summed E-state index contributed by atoms with van der Waals surface area (Å²) in [4.78, 5) is 10.0. The van der Waals surface area contributed by atoms with E-state index in [2.05, 4.69) is 0 Å². The van der Waals surface area contributed by atoms with Crippen molar-refractivity contribution in [1.82, 2.24) is 0 Å². The molecule has 0 saturated heterocycles. The van der Waals surface area contributed by atoms with Crippen molar-refractivity contribution in [3.8, 4) is 0 Å². The fourth-order valence-electron chi connectivity index (χ4n) is 0.906. The van der Waals surface area contributed by atoms with Gasteiger partial charge in [0.15, 0.2) is 0 Å². The van der Waals surface area contributed by atoms with Crippen LogP contribution in [0.2, 0.25) is 0 Å². The van der Waals surface area contributed by atoms with Crippen LogP contribution >= 0.6 is 9.03 Å². The van der Waals surface area contributed by atoms with Gasteiger partial charge >= 0.3 is 68.9 Å². The van der Waals surface area contributed by atoms with Crippen LogP contribution in [0.1, 0.15) is 26.7 Å². The molecule has 0 aromatic rings. The largest absolute Gasteiger partial charge is 1.00 e. The van der Waals surface area contributed by atoms with Crippen molar-refractivity contribution in [3.63, 3.8) is 0 Å². The molecule has 1 unspecified atom stereocenters. The number of aliphatic hydroxyl groups is 1. The van der Waals surface area contributed by atoms with Crippen LogP contribution < -0.4 is 73.8 Å². The van der Waals surface area contributed by atoms with Crippen molar-refractivity contribution in [1.29, 1.82) is 0 Å². The van der Waals surface area contributed by atoms with E-state index in [4.69, 9.17) is 9.63 Å². The average Bonchev–Trinajstić information content (AvgIpc) is 2.08. The van der Waals surface area contributed by atoms with Gasteiger partial charge in [-0.15, -0.1) is 0 Å². The quantitative estimate of drug-likeness (QED) is 0.560. The third-order valence-electron chi connectivity index (χ3n) is 2.27. The SMILES string of the molecule is CCC(CC)(CO)COP[O-].[Cs+]. The van der Waals surface area contributed by atoms with Crippen LogP contribution in [0, 0.1) is 5.41 Å². The Labute approximate surface area is 135 Å². The first-order chi connectivity index (χ1) is 5.24. The fraction of sp³-hybridized carbons (Fsp3) is 1.00. The first-order valence-corrected chi connectivity index (χ1v) is 4.66. The zero-order valence-electron chi connectivity index (χ0n) is 8.09. The van der Waals surface area contributed by atoms with Crippen LogP contribution in [0.4, 0.5) is 0 Å². The zero-order valence-corrected chi connectivity index (χ0v) is 15.4. The molecule has 12 heavy (non-hydrogen) atoms. The van der Waals surface area contributed by atoms with Crippen molar-refractivity contribution in [2.24, 2.45) is 5.41 Å². The molecule has 0 aliphatic heterocycles. The molecule has 3 nitrogen and oxygen atoms in total. The molecule has 0 aliphatic rings. The van der Waals surface area contributed by atoms with Crippen LogP contribution in [0.15, 0.2) is 0 Å². The fourth-order valence-corrected chi connectivity index (χ4v) is 1.27. The zero-order chi connectivity index (χ0) is 8.74. The van der Waals surface area contributed by atoms with Crippen LogP contribution in [0.3, 0.4) is 0 Å². The number of hydrogen-bond donors (Lipinski definition) is 1. The summed E-state index contributed by atoms with van der Waals surface area (Å²) in [6.07, 6.45) is 1.70. The second kappa shape index (κ2) is 9.90. The van der Waals surface area contributed by atoms with E-state index >= 15 is 0 Å². The van der Waals surface area contributed by atoms with E-state index in [0.717, 1.165) is 12.8 Å². The molecule has 0 bridgehead atoms. The molecular weight excluding hydrogens is 296 g/mol. The van der Waals surface area contributed by atoms with Gasteiger partial charge in [-0.2, -0.15) is 0 Å². The summed E-state index contributed by atoms with van der Waals surface area (Å²) in [5.74, 6) is 0. The van der Waals surface area contributed by atoms with E-state index in [0.29, 0.717) is 6.61 Å². The molecule has 0 heterocycles. The molecule has 0 aliphatic carbocycles. The van der Waals surface area contributed by atoms with Gasteiger partial charge in [0.05, 0.1) is 13.2 Å². The van der Waals surface area contributed by atoms with Crippen LogP contribution in [-0.4, -0.2) is 18.3 Å². The molecule has 0 aromatic carbocycles. The molecule has 1 atom stereocenters. The maximum absolute atomic E-state index is 10.0. The van der Waals surface area contributed by atoms with E-state index < -0.39 is 9.03 Å². The number of rotatable bonds is 6. The average molecular weight is 312 g/mol. The Morgan fingerprint density at radius 2 is 1.92 bits per heavy atom. The van der Waals surface area contributed by atoms with Crippen molar-refractivity contribution in [2.75, 3.05) is 13.2 Å². The minimum Gasteiger partial charge on any atom is -0.810 e. The molecule has 0 rings (SSSR count). The molecular formula is C7H16CsO3P. The third kappa shape index (κ3) is 5.96. The Morgan fingerprint density at radius 1 is 1.42 bits per heavy atom. The monoisotopic (exact) mass is 312 g/mol. The molecule has 68 valence electrons. The summed E-state index contributed by atoms with van der Waals surface area (Å²) in [6.45, 7) is 4.48. The number of aliphatic hydroxyl groups excluding tert-OH is 1. The third-order valence-corrected chi connectivity index (χ3v) is 2.53. The van der Waals surface area contributed by atoms with Crippen LogP contribution in [0.25, 0.3) is 0 Å². The first kappa shape index (κ1) is 16.8. The van der Waals surface area contributed by atoms with Gasteiger partial charge in [-0.05, 0) is 12.8 Å². The molecule has 0 aromatic heterocycles. The van der Waals surface area contributed by atoms with E-state index in [-0.39, 0.29) is 80.9 Å². The molecule has 0 amide bonds. The van der Waals surface area contributed by atoms with Crippen molar-refractivity contribution in [2.45, 2.75) is 26.7 Å². The summed E-state index contributed by atoms with van der Waals surface area (Å²) in [7, 11) is -0.721. The van der Waals surface area contributed by atoms with Gasteiger partial charge in [0.1, 0.15) is 0 Å². The van der Waals surface area contributed by atoms with Gasteiger partial charge in [-0.3, -0.25) is 0 Å². The van der Waals surface area contributed by atoms with Gasteiger partial charge in [0.2, 0.25) is 0 Å². The summed E-state index contributed by atoms with van der Waals surface area (Å²) < 4.78 is 4.78. The van der Waals surface area contributed by atoms with E-state index in [1.54, 1.807) is 0 Å². The minimum absolute atomic E-state index is 0. The summed E-state index contributed by atoms with van der Waals surface area (Å²) in [5, 5.41) is 9.02. The topological polar surface area (TPSA) is 52.5 Å². The van der Waals surface area contributed by atoms with Gasteiger partial charge in [0.25, 0.3) is 0 Å². The van der Waals surface area contributed by atoms with Gasteiger partial charge in [-0.1, -0.05) is 22.9 Å². The normalized spacial score (nSPS) is 12.0. The predicted molar refractivity (Wildman–Crippen MR) is 44.4 cm³/mol. The van der Waals surface area contributed by atoms with E-state index in [1.165, 1.54) is 0 Å². The Bertz CT molecular complexity index is 90.4. The van der Waals surface area contributed by atoms with Crippen molar-refractivity contribution >= 4 is 9.03 Å². The first-order valence-electron chi connectivity index (χ1n) is 3.84. The summed E-state index contributed by atoms with van der Waals surface area (Å²) in [6, 6.07) is 0. The van der Waals surface area contributed by atoms with Crippen LogP contribution in [-0.2, 0) is 4.52 Å². The Hall–Kier alpha value is 2.36. The summed E-state index contributed by atoms with van der Waals surface area (Å²) in [5.41, 5.74) is -0.183. The molecule has 0 saturated carbocycles. The Morgan fingerprint density at radius 3 is 2.17 bits per heavy atom. The predicted octanol–water partition coefficient (Wildman–Crippen LogP) is -2.33. The Kier molecular flexibility index (Phi) is 13.8.